The molecule has 0 aliphatic rings. The number of ether oxygens (including phenoxy) is 1. The Labute approximate surface area is 166 Å². The number of benzene rings is 1. The van der Waals surface area contributed by atoms with Crippen LogP contribution in [-0.2, 0) is 22.4 Å². The van der Waals surface area contributed by atoms with Crippen molar-refractivity contribution >= 4 is 39.7 Å². The van der Waals surface area contributed by atoms with Crippen molar-refractivity contribution in [3.05, 3.63) is 62.3 Å². The smallest absolute Gasteiger partial charge is 0.317 e. The maximum atomic E-state index is 12.3. The zero-order valence-corrected chi connectivity index (χ0v) is 17.0. The van der Waals surface area contributed by atoms with E-state index < -0.39 is 0 Å². The van der Waals surface area contributed by atoms with Gasteiger partial charge in [0.15, 0.2) is 5.13 Å². The van der Waals surface area contributed by atoms with E-state index in [1.807, 2.05) is 50.4 Å². The number of aromatic nitrogens is 1. The largest absolute Gasteiger partial charge is 0.426 e. The Morgan fingerprint density at radius 3 is 2.59 bits per heavy atom. The summed E-state index contributed by atoms with van der Waals surface area (Å²) in [5.74, 6) is 0.125. The van der Waals surface area contributed by atoms with Crippen LogP contribution in [0.4, 0.5) is 5.13 Å². The lowest BCUT2D eigenvalue weighted by atomic mass is 10.1. The second-order valence-corrected chi connectivity index (χ2v) is 8.14. The normalized spacial score (nSPS) is 10.6. The van der Waals surface area contributed by atoms with Gasteiger partial charge in [0.25, 0.3) is 0 Å². The van der Waals surface area contributed by atoms with Gasteiger partial charge >= 0.3 is 5.97 Å². The zero-order chi connectivity index (χ0) is 19.4. The molecule has 3 aromatic rings. The molecule has 0 saturated heterocycles. The molecule has 5 nitrogen and oxygen atoms in total. The summed E-state index contributed by atoms with van der Waals surface area (Å²) in [5.41, 5.74) is 3.54. The van der Waals surface area contributed by atoms with Crippen molar-refractivity contribution in [2.24, 2.45) is 0 Å². The summed E-state index contributed by atoms with van der Waals surface area (Å²) in [4.78, 5) is 29.6. The summed E-state index contributed by atoms with van der Waals surface area (Å²) >= 11 is 2.84. The Morgan fingerprint density at radius 2 is 1.85 bits per heavy atom. The van der Waals surface area contributed by atoms with Crippen LogP contribution in [0.1, 0.15) is 27.3 Å². The first-order valence-electron chi connectivity index (χ1n) is 8.46. The van der Waals surface area contributed by atoms with Gasteiger partial charge in [0, 0.05) is 10.3 Å². The summed E-state index contributed by atoms with van der Waals surface area (Å²) in [7, 11) is 0. The number of hydrogen-bond acceptors (Lipinski definition) is 6. The van der Waals surface area contributed by atoms with E-state index in [4.69, 9.17) is 4.74 Å². The van der Waals surface area contributed by atoms with Crippen molar-refractivity contribution in [1.82, 2.24) is 4.98 Å². The summed E-state index contributed by atoms with van der Waals surface area (Å²) in [6, 6.07) is 7.78. The number of carbonyl (C=O) groups is 2. The molecule has 0 spiro atoms. The van der Waals surface area contributed by atoms with E-state index in [1.165, 1.54) is 11.3 Å². The third-order valence-electron chi connectivity index (χ3n) is 4.13. The second-order valence-electron chi connectivity index (χ2n) is 6.25. The quantitative estimate of drug-likeness (QED) is 0.490. The third kappa shape index (κ3) is 5.02. The molecule has 27 heavy (non-hydrogen) atoms. The number of hydrogen-bond donors (Lipinski definition) is 1. The van der Waals surface area contributed by atoms with Crippen LogP contribution in [0.15, 0.2) is 35.0 Å². The fourth-order valence-electron chi connectivity index (χ4n) is 2.56. The minimum absolute atomic E-state index is 0.0596. The Kier molecular flexibility index (Phi) is 6.03. The van der Waals surface area contributed by atoms with Crippen LogP contribution in [0.25, 0.3) is 0 Å². The van der Waals surface area contributed by atoms with E-state index in [2.05, 4.69) is 10.3 Å². The summed E-state index contributed by atoms with van der Waals surface area (Å²) in [6.07, 6.45) is 0.380. The van der Waals surface area contributed by atoms with Crippen LogP contribution in [0.2, 0.25) is 0 Å². The maximum absolute atomic E-state index is 12.3. The van der Waals surface area contributed by atoms with E-state index in [9.17, 15) is 9.59 Å². The van der Waals surface area contributed by atoms with Gasteiger partial charge in [0.05, 0.1) is 18.5 Å². The Morgan fingerprint density at radius 1 is 1.07 bits per heavy atom. The molecular weight excluding hydrogens is 380 g/mol. The molecule has 0 bridgehead atoms. The van der Waals surface area contributed by atoms with Crippen molar-refractivity contribution in [1.29, 1.82) is 0 Å². The molecule has 0 fully saturated rings. The number of nitrogens with one attached hydrogen (secondary N) is 1. The van der Waals surface area contributed by atoms with Gasteiger partial charge in [-0.15, -0.1) is 22.7 Å². The molecule has 0 saturated carbocycles. The Hall–Kier alpha value is -2.51. The molecule has 1 N–H and O–H groups in total. The van der Waals surface area contributed by atoms with Gasteiger partial charge in [-0.1, -0.05) is 18.2 Å². The second kappa shape index (κ2) is 8.45. The third-order valence-corrected chi connectivity index (χ3v) is 5.81. The molecule has 1 amide bonds. The van der Waals surface area contributed by atoms with Crippen molar-refractivity contribution in [2.75, 3.05) is 5.32 Å². The van der Waals surface area contributed by atoms with Gasteiger partial charge in [0.2, 0.25) is 5.91 Å². The van der Waals surface area contributed by atoms with E-state index in [0.717, 1.165) is 21.6 Å². The number of nitrogens with zero attached hydrogens (tertiary/aromatic N) is 1. The number of esters is 1. The molecule has 0 unspecified atom stereocenters. The number of thiazole rings is 1. The number of anilines is 1. The average molecular weight is 401 g/mol. The van der Waals surface area contributed by atoms with Crippen LogP contribution < -0.4 is 10.1 Å². The van der Waals surface area contributed by atoms with Crippen LogP contribution in [-0.4, -0.2) is 16.9 Å². The molecule has 0 aliphatic heterocycles. The molecule has 2 heterocycles. The Bertz CT molecular complexity index is 962. The van der Waals surface area contributed by atoms with Gasteiger partial charge in [-0.25, -0.2) is 4.98 Å². The van der Waals surface area contributed by atoms with Gasteiger partial charge in [-0.2, -0.15) is 0 Å². The number of aryl methyl sites for hydroxylation is 2. The highest BCUT2D eigenvalue weighted by Crippen LogP contribution is 2.26. The van der Waals surface area contributed by atoms with Crippen molar-refractivity contribution in [3.8, 4) is 5.75 Å². The highest BCUT2D eigenvalue weighted by Gasteiger charge is 2.15. The lowest BCUT2D eigenvalue weighted by molar-refractivity contribution is -0.133. The molecule has 0 aliphatic carbocycles. The van der Waals surface area contributed by atoms with E-state index in [0.29, 0.717) is 23.0 Å². The summed E-state index contributed by atoms with van der Waals surface area (Å²) in [6.45, 7) is 5.84. The highest BCUT2D eigenvalue weighted by atomic mass is 32.1. The predicted octanol–water partition coefficient (Wildman–Crippen LogP) is 4.46. The van der Waals surface area contributed by atoms with Gasteiger partial charge < -0.3 is 10.1 Å². The highest BCUT2D eigenvalue weighted by molar-refractivity contribution is 7.14. The molecule has 3 rings (SSSR count). The molecular formula is C20H20N2O3S2. The molecule has 140 valence electrons. The predicted molar refractivity (Wildman–Crippen MR) is 109 cm³/mol. The molecule has 0 atom stereocenters. The number of amides is 1. The monoisotopic (exact) mass is 400 g/mol. The van der Waals surface area contributed by atoms with E-state index in [1.54, 1.807) is 16.7 Å². The van der Waals surface area contributed by atoms with Crippen molar-refractivity contribution < 1.29 is 14.3 Å². The first kappa shape index (κ1) is 19.3. The van der Waals surface area contributed by atoms with Gasteiger partial charge in [-0.05, 0) is 48.9 Å². The van der Waals surface area contributed by atoms with Gasteiger partial charge in [-0.3, -0.25) is 9.59 Å². The standard InChI is InChI=1S/C20H20N2O3S2/c1-12-6-7-13(2)19(14(12)3)25-18(24)9-15-11-27-20(21-15)22-17(23)10-16-5-4-8-26-16/h4-8,11H,9-10H2,1-3H3,(H,21,22,23). The molecule has 2 aromatic heterocycles. The fourth-order valence-corrected chi connectivity index (χ4v) is 3.99. The fraction of sp³-hybridized carbons (Fsp3) is 0.250. The molecule has 7 heteroatoms. The SMILES string of the molecule is Cc1ccc(C)c(OC(=O)Cc2csc(NC(=O)Cc3cccs3)n2)c1C. The summed E-state index contributed by atoms with van der Waals surface area (Å²) in [5, 5.41) is 6.96. The maximum Gasteiger partial charge on any atom is 0.317 e. The number of thiophene rings is 1. The van der Waals surface area contributed by atoms with E-state index in [-0.39, 0.29) is 18.3 Å². The van der Waals surface area contributed by atoms with Crippen LogP contribution in [0.3, 0.4) is 0 Å². The first-order valence-corrected chi connectivity index (χ1v) is 10.2. The molecule has 1 aromatic carbocycles. The van der Waals surface area contributed by atoms with E-state index >= 15 is 0 Å². The van der Waals surface area contributed by atoms with Crippen LogP contribution in [0.5, 0.6) is 5.75 Å². The first-order chi connectivity index (χ1) is 12.9. The number of carbonyl (C=O) groups excluding carboxylic acids is 2. The molecule has 0 radical (unpaired) electrons. The average Bonchev–Trinajstić information content (AvgIpc) is 3.27. The van der Waals surface area contributed by atoms with Crippen LogP contribution in [0, 0.1) is 20.8 Å². The Balaban J connectivity index is 1.58. The number of rotatable bonds is 6. The van der Waals surface area contributed by atoms with Gasteiger partial charge in [0.1, 0.15) is 5.75 Å². The van der Waals surface area contributed by atoms with Crippen molar-refractivity contribution in [2.45, 2.75) is 33.6 Å². The summed E-state index contributed by atoms with van der Waals surface area (Å²) < 4.78 is 5.56. The van der Waals surface area contributed by atoms with Crippen LogP contribution >= 0.6 is 22.7 Å². The lowest BCUT2D eigenvalue weighted by Gasteiger charge is -2.12. The van der Waals surface area contributed by atoms with Crippen molar-refractivity contribution in [3.63, 3.8) is 0 Å². The minimum Gasteiger partial charge on any atom is -0.426 e. The lowest BCUT2D eigenvalue weighted by Crippen LogP contribution is -2.15. The zero-order valence-electron chi connectivity index (χ0n) is 15.4. The minimum atomic E-state index is -0.367. The topological polar surface area (TPSA) is 68.3 Å².